The number of nitrogens with zero attached hydrogens (tertiary/aromatic N) is 1. The molecule has 0 spiro atoms. The molecule has 2 nitrogen and oxygen atoms in total. The van der Waals surface area contributed by atoms with Gasteiger partial charge in [0, 0.05) is 13.1 Å². The number of rotatable bonds is 5. The van der Waals surface area contributed by atoms with Crippen molar-refractivity contribution in [2.75, 3.05) is 32.7 Å². The lowest BCUT2D eigenvalue weighted by molar-refractivity contribution is 0.321. The molecule has 0 amide bonds. The van der Waals surface area contributed by atoms with E-state index in [0.717, 1.165) is 11.8 Å². The SMILES string of the molecule is CC1=CC(C)CC(CNCCN2CCCC2)C1. The van der Waals surface area contributed by atoms with Gasteiger partial charge in [0.15, 0.2) is 0 Å². The van der Waals surface area contributed by atoms with Crippen LogP contribution in [-0.2, 0) is 0 Å². The van der Waals surface area contributed by atoms with E-state index in [1.165, 1.54) is 58.4 Å². The Morgan fingerprint density at radius 3 is 2.82 bits per heavy atom. The van der Waals surface area contributed by atoms with Crippen LogP contribution < -0.4 is 5.32 Å². The summed E-state index contributed by atoms with van der Waals surface area (Å²) in [5.41, 5.74) is 1.59. The van der Waals surface area contributed by atoms with Gasteiger partial charge in [-0.25, -0.2) is 0 Å². The molecule has 1 heterocycles. The summed E-state index contributed by atoms with van der Waals surface area (Å²) in [7, 11) is 0. The molecular weight excluding hydrogens is 208 g/mol. The molecule has 0 bridgehead atoms. The summed E-state index contributed by atoms with van der Waals surface area (Å²) in [4.78, 5) is 2.58. The Kier molecular flexibility index (Phi) is 5.05. The van der Waals surface area contributed by atoms with Crippen molar-refractivity contribution >= 4 is 0 Å². The average molecular weight is 236 g/mol. The maximum Gasteiger partial charge on any atom is 0.0107 e. The highest BCUT2D eigenvalue weighted by atomic mass is 15.1. The summed E-state index contributed by atoms with van der Waals surface area (Å²) < 4.78 is 0. The van der Waals surface area contributed by atoms with Crippen LogP contribution in [0.4, 0.5) is 0 Å². The molecule has 0 saturated carbocycles. The van der Waals surface area contributed by atoms with E-state index >= 15 is 0 Å². The highest BCUT2D eigenvalue weighted by Crippen LogP contribution is 2.27. The first-order valence-electron chi connectivity index (χ1n) is 7.34. The van der Waals surface area contributed by atoms with Crippen LogP contribution in [-0.4, -0.2) is 37.6 Å². The van der Waals surface area contributed by atoms with Gasteiger partial charge in [-0.2, -0.15) is 0 Å². The lowest BCUT2D eigenvalue weighted by Crippen LogP contribution is -2.33. The van der Waals surface area contributed by atoms with E-state index in [2.05, 4.69) is 30.1 Å². The van der Waals surface area contributed by atoms with Crippen LogP contribution in [0, 0.1) is 11.8 Å². The number of hydrogen-bond donors (Lipinski definition) is 1. The molecule has 98 valence electrons. The van der Waals surface area contributed by atoms with Crippen molar-refractivity contribution in [1.29, 1.82) is 0 Å². The molecule has 1 saturated heterocycles. The summed E-state index contributed by atoms with van der Waals surface area (Å²) >= 11 is 0. The Morgan fingerprint density at radius 1 is 1.35 bits per heavy atom. The molecule has 0 aromatic rings. The molecule has 1 N–H and O–H groups in total. The van der Waals surface area contributed by atoms with Crippen LogP contribution in [0.5, 0.6) is 0 Å². The maximum atomic E-state index is 3.65. The van der Waals surface area contributed by atoms with Gasteiger partial charge in [-0.15, -0.1) is 0 Å². The molecule has 0 aromatic carbocycles. The summed E-state index contributed by atoms with van der Waals surface area (Å²) in [6, 6.07) is 0. The zero-order valence-electron chi connectivity index (χ0n) is 11.5. The summed E-state index contributed by atoms with van der Waals surface area (Å²) in [6.07, 6.45) is 7.93. The second-order valence-electron chi connectivity index (χ2n) is 6.05. The highest BCUT2D eigenvalue weighted by molar-refractivity contribution is 5.06. The van der Waals surface area contributed by atoms with Crippen molar-refractivity contribution in [2.45, 2.75) is 39.5 Å². The molecule has 2 aliphatic rings. The Labute approximate surface area is 106 Å². The minimum Gasteiger partial charge on any atom is -0.315 e. The molecule has 1 aliphatic carbocycles. The van der Waals surface area contributed by atoms with Gasteiger partial charge in [0.05, 0.1) is 0 Å². The molecular formula is C15H28N2. The van der Waals surface area contributed by atoms with E-state index in [-0.39, 0.29) is 0 Å². The monoisotopic (exact) mass is 236 g/mol. The molecule has 1 fully saturated rings. The Bertz CT molecular complexity index is 254. The second kappa shape index (κ2) is 6.55. The fourth-order valence-electron chi connectivity index (χ4n) is 3.39. The molecule has 2 unspecified atom stereocenters. The average Bonchev–Trinajstić information content (AvgIpc) is 2.76. The van der Waals surface area contributed by atoms with Gasteiger partial charge in [-0.3, -0.25) is 0 Å². The van der Waals surface area contributed by atoms with Gasteiger partial charge in [0.25, 0.3) is 0 Å². The van der Waals surface area contributed by atoms with Crippen molar-refractivity contribution in [3.05, 3.63) is 11.6 Å². The van der Waals surface area contributed by atoms with E-state index in [9.17, 15) is 0 Å². The maximum absolute atomic E-state index is 3.65. The zero-order chi connectivity index (χ0) is 12.1. The first-order valence-corrected chi connectivity index (χ1v) is 7.34. The van der Waals surface area contributed by atoms with Gasteiger partial charge in [-0.1, -0.05) is 18.6 Å². The van der Waals surface area contributed by atoms with Gasteiger partial charge < -0.3 is 10.2 Å². The topological polar surface area (TPSA) is 15.3 Å². The van der Waals surface area contributed by atoms with Crippen molar-refractivity contribution < 1.29 is 0 Å². The fourth-order valence-corrected chi connectivity index (χ4v) is 3.39. The van der Waals surface area contributed by atoms with Crippen LogP contribution in [0.2, 0.25) is 0 Å². The van der Waals surface area contributed by atoms with Crippen molar-refractivity contribution in [3.63, 3.8) is 0 Å². The number of likely N-dealkylation sites (tertiary alicyclic amines) is 1. The van der Waals surface area contributed by atoms with E-state index in [1.54, 1.807) is 5.57 Å². The van der Waals surface area contributed by atoms with Crippen LogP contribution in [0.1, 0.15) is 39.5 Å². The predicted molar refractivity (Wildman–Crippen MR) is 74.2 cm³/mol. The first kappa shape index (κ1) is 13.1. The summed E-state index contributed by atoms with van der Waals surface area (Å²) in [5.74, 6) is 1.66. The fraction of sp³-hybridized carbons (Fsp3) is 0.867. The lowest BCUT2D eigenvalue weighted by atomic mass is 9.84. The van der Waals surface area contributed by atoms with Gasteiger partial charge in [0.1, 0.15) is 0 Å². The third kappa shape index (κ3) is 4.44. The standard InChI is InChI=1S/C15H28N2/c1-13-9-14(2)11-15(10-13)12-16-5-8-17-6-3-4-7-17/h9,13,15-16H,3-8,10-12H2,1-2H3. The summed E-state index contributed by atoms with van der Waals surface area (Å²) in [5, 5.41) is 3.65. The second-order valence-corrected chi connectivity index (χ2v) is 6.05. The van der Waals surface area contributed by atoms with Crippen LogP contribution in [0.25, 0.3) is 0 Å². The molecule has 2 heteroatoms. The quantitative estimate of drug-likeness (QED) is 0.583. The predicted octanol–water partition coefficient (Wildman–Crippen LogP) is 2.66. The molecule has 0 radical (unpaired) electrons. The minimum absolute atomic E-state index is 0.786. The molecule has 0 aromatic heterocycles. The van der Waals surface area contributed by atoms with E-state index in [1.807, 2.05) is 0 Å². The Balaban J connectivity index is 1.57. The smallest absolute Gasteiger partial charge is 0.0107 e. The highest BCUT2D eigenvalue weighted by Gasteiger charge is 2.17. The summed E-state index contributed by atoms with van der Waals surface area (Å²) in [6.45, 7) is 10.9. The van der Waals surface area contributed by atoms with Crippen LogP contribution >= 0.6 is 0 Å². The van der Waals surface area contributed by atoms with E-state index in [4.69, 9.17) is 0 Å². The number of nitrogens with one attached hydrogen (secondary N) is 1. The van der Waals surface area contributed by atoms with Gasteiger partial charge >= 0.3 is 0 Å². The Morgan fingerprint density at radius 2 is 2.12 bits per heavy atom. The van der Waals surface area contributed by atoms with Gasteiger partial charge in [0.2, 0.25) is 0 Å². The first-order chi connectivity index (χ1) is 8.24. The largest absolute Gasteiger partial charge is 0.315 e. The van der Waals surface area contributed by atoms with Gasteiger partial charge in [-0.05, 0) is 64.1 Å². The molecule has 2 rings (SSSR count). The molecule has 17 heavy (non-hydrogen) atoms. The minimum atomic E-state index is 0.786. The van der Waals surface area contributed by atoms with Crippen molar-refractivity contribution in [1.82, 2.24) is 10.2 Å². The molecule has 2 atom stereocenters. The van der Waals surface area contributed by atoms with Crippen molar-refractivity contribution in [2.24, 2.45) is 11.8 Å². The number of hydrogen-bond acceptors (Lipinski definition) is 2. The molecule has 1 aliphatic heterocycles. The number of allylic oxidation sites excluding steroid dienone is 2. The van der Waals surface area contributed by atoms with Crippen LogP contribution in [0.15, 0.2) is 11.6 Å². The van der Waals surface area contributed by atoms with Crippen molar-refractivity contribution in [3.8, 4) is 0 Å². The normalized spacial score (nSPS) is 30.6. The Hall–Kier alpha value is -0.340. The third-order valence-electron chi connectivity index (χ3n) is 4.12. The third-order valence-corrected chi connectivity index (χ3v) is 4.12. The van der Waals surface area contributed by atoms with E-state index < -0.39 is 0 Å². The van der Waals surface area contributed by atoms with Crippen LogP contribution in [0.3, 0.4) is 0 Å². The lowest BCUT2D eigenvalue weighted by Gasteiger charge is -2.26. The van der Waals surface area contributed by atoms with E-state index in [0.29, 0.717) is 0 Å². The zero-order valence-corrected chi connectivity index (χ0v) is 11.5.